The Bertz CT molecular complexity index is 796. The SMILES string of the molecule is CC(Oc1cccnc1[N+](=O)[O-])C(=O)Nc1ccc(OC(F)(F)F)cc1. The number of hydrogen-bond acceptors (Lipinski definition) is 6. The van der Waals surface area contributed by atoms with Gasteiger partial charge in [0.2, 0.25) is 5.75 Å². The number of carbonyl (C=O) groups is 1. The van der Waals surface area contributed by atoms with Gasteiger partial charge in [-0.05, 0) is 53.2 Å². The maximum atomic E-state index is 12.1. The van der Waals surface area contributed by atoms with Gasteiger partial charge in [-0.1, -0.05) is 0 Å². The van der Waals surface area contributed by atoms with E-state index >= 15 is 0 Å². The maximum Gasteiger partial charge on any atom is 0.573 e. The third kappa shape index (κ3) is 5.33. The van der Waals surface area contributed by atoms with Crippen molar-refractivity contribution < 1.29 is 32.4 Å². The Labute approximate surface area is 144 Å². The molecule has 8 nitrogen and oxygen atoms in total. The summed E-state index contributed by atoms with van der Waals surface area (Å²) in [6.45, 7) is 1.35. The van der Waals surface area contributed by atoms with Crippen LogP contribution in [0.3, 0.4) is 0 Å². The number of benzene rings is 1. The number of nitro groups is 1. The van der Waals surface area contributed by atoms with E-state index in [1.54, 1.807) is 0 Å². The molecular weight excluding hydrogens is 359 g/mol. The molecule has 138 valence electrons. The molecule has 1 amide bonds. The van der Waals surface area contributed by atoms with E-state index in [0.29, 0.717) is 0 Å². The van der Waals surface area contributed by atoms with Crippen LogP contribution >= 0.6 is 0 Å². The Hall–Kier alpha value is -3.37. The molecule has 0 aliphatic carbocycles. The lowest BCUT2D eigenvalue weighted by atomic mass is 10.3. The van der Waals surface area contributed by atoms with Crippen LogP contribution in [0, 0.1) is 10.1 Å². The molecule has 0 aliphatic heterocycles. The minimum absolute atomic E-state index is 0.186. The van der Waals surface area contributed by atoms with Crippen LogP contribution in [0.5, 0.6) is 11.5 Å². The van der Waals surface area contributed by atoms with E-state index in [0.717, 1.165) is 12.1 Å². The van der Waals surface area contributed by atoms with Gasteiger partial charge >= 0.3 is 12.2 Å². The van der Waals surface area contributed by atoms with Crippen molar-refractivity contribution in [2.75, 3.05) is 5.32 Å². The number of pyridine rings is 1. The van der Waals surface area contributed by atoms with Gasteiger partial charge in [0, 0.05) is 5.69 Å². The first-order chi connectivity index (χ1) is 12.2. The molecule has 0 fully saturated rings. The highest BCUT2D eigenvalue weighted by Gasteiger charge is 2.31. The van der Waals surface area contributed by atoms with Crippen LogP contribution < -0.4 is 14.8 Å². The summed E-state index contributed by atoms with van der Waals surface area (Å²) in [5.41, 5.74) is 0.195. The van der Waals surface area contributed by atoms with E-state index in [1.165, 1.54) is 37.4 Å². The molecule has 1 aromatic carbocycles. The van der Waals surface area contributed by atoms with Crippen LogP contribution in [0.15, 0.2) is 42.6 Å². The van der Waals surface area contributed by atoms with E-state index in [9.17, 15) is 28.1 Å². The quantitative estimate of drug-likeness (QED) is 0.617. The number of ether oxygens (including phenoxy) is 2. The zero-order valence-electron chi connectivity index (χ0n) is 13.2. The highest BCUT2D eigenvalue weighted by Crippen LogP contribution is 2.25. The summed E-state index contributed by atoms with van der Waals surface area (Å²) in [4.78, 5) is 25.7. The second-order valence-electron chi connectivity index (χ2n) is 4.90. The van der Waals surface area contributed by atoms with Crippen LogP contribution in [0.1, 0.15) is 6.92 Å². The molecule has 0 aliphatic rings. The topological polar surface area (TPSA) is 104 Å². The summed E-state index contributed by atoms with van der Waals surface area (Å²) >= 11 is 0. The van der Waals surface area contributed by atoms with Gasteiger partial charge in [-0.15, -0.1) is 13.2 Å². The standard InChI is InChI=1S/C15H12F3N3O5/c1-9(25-12-3-2-8-19-13(12)21(23)24)14(22)20-10-4-6-11(7-5-10)26-15(16,17)18/h2-9H,1H3,(H,20,22). The molecule has 1 unspecified atom stereocenters. The molecule has 26 heavy (non-hydrogen) atoms. The number of anilines is 1. The zero-order valence-corrected chi connectivity index (χ0v) is 13.2. The van der Waals surface area contributed by atoms with Gasteiger partial charge in [0.15, 0.2) is 6.10 Å². The van der Waals surface area contributed by atoms with Gasteiger partial charge in [-0.25, -0.2) is 0 Å². The van der Waals surface area contributed by atoms with Crippen LogP contribution in [0.25, 0.3) is 0 Å². The summed E-state index contributed by atoms with van der Waals surface area (Å²) in [5.74, 6) is -1.83. The van der Waals surface area contributed by atoms with Crippen molar-refractivity contribution in [3.8, 4) is 11.5 Å². The summed E-state index contributed by atoms with van der Waals surface area (Å²) in [6, 6.07) is 7.17. The Kier molecular flexibility index (Phi) is 5.60. The van der Waals surface area contributed by atoms with Crippen LogP contribution in [-0.4, -0.2) is 28.3 Å². The van der Waals surface area contributed by atoms with Gasteiger partial charge in [-0.2, -0.15) is 0 Å². The molecule has 1 aromatic heterocycles. The molecule has 1 atom stereocenters. The van der Waals surface area contributed by atoms with Crippen molar-refractivity contribution in [1.82, 2.24) is 4.98 Å². The number of alkyl halides is 3. The van der Waals surface area contributed by atoms with Crippen molar-refractivity contribution in [1.29, 1.82) is 0 Å². The number of nitrogens with one attached hydrogen (secondary N) is 1. The second kappa shape index (κ2) is 7.68. The lowest BCUT2D eigenvalue weighted by molar-refractivity contribution is -0.390. The highest BCUT2D eigenvalue weighted by atomic mass is 19.4. The number of rotatable bonds is 6. The van der Waals surface area contributed by atoms with Gasteiger partial charge in [-0.3, -0.25) is 4.79 Å². The number of amides is 1. The zero-order chi connectivity index (χ0) is 19.3. The van der Waals surface area contributed by atoms with Crippen molar-refractivity contribution in [3.05, 3.63) is 52.7 Å². The average Bonchev–Trinajstić information content (AvgIpc) is 2.55. The third-order valence-corrected chi connectivity index (χ3v) is 2.95. The summed E-state index contributed by atoms with van der Waals surface area (Å²) in [7, 11) is 0. The van der Waals surface area contributed by atoms with Crippen LogP contribution in [-0.2, 0) is 4.79 Å². The van der Waals surface area contributed by atoms with Crippen molar-refractivity contribution in [2.24, 2.45) is 0 Å². The monoisotopic (exact) mass is 371 g/mol. The molecular formula is C15H12F3N3O5. The fourth-order valence-corrected chi connectivity index (χ4v) is 1.84. The molecule has 0 bridgehead atoms. The fourth-order valence-electron chi connectivity index (χ4n) is 1.84. The predicted octanol–water partition coefficient (Wildman–Crippen LogP) is 3.29. The van der Waals surface area contributed by atoms with Gasteiger partial charge in [0.1, 0.15) is 11.9 Å². The lowest BCUT2D eigenvalue weighted by Crippen LogP contribution is -2.30. The molecule has 11 heteroatoms. The van der Waals surface area contributed by atoms with Gasteiger partial charge in [0.25, 0.3) is 5.91 Å². The van der Waals surface area contributed by atoms with E-state index < -0.39 is 34.9 Å². The van der Waals surface area contributed by atoms with Gasteiger partial charge in [0.05, 0.1) is 0 Å². The van der Waals surface area contributed by atoms with E-state index in [-0.39, 0.29) is 11.4 Å². The lowest BCUT2D eigenvalue weighted by Gasteiger charge is -2.15. The molecule has 0 saturated heterocycles. The predicted molar refractivity (Wildman–Crippen MR) is 82.7 cm³/mol. The molecule has 1 heterocycles. The molecule has 2 aromatic rings. The number of nitrogens with zero attached hydrogens (tertiary/aromatic N) is 2. The van der Waals surface area contributed by atoms with Crippen molar-refractivity contribution >= 4 is 17.4 Å². The first-order valence-corrected chi connectivity index (χ1v) is 7.08. The largest absolute Gasteiger partial charge is 0.573 e. The average molecular weight is 371 g/mol. The smallest absolute Gasteiger partial charge is 0.473 e. The Morgan fingerprint density at radius 3 is 2.50 bits per heavy atom. The van der Waals surface area contributed by atoms with Crippen LogP contribution in [0.2, 0.25) is 0 Å². The normalized spacial score (nSPS) is 12.2. The summed E-state index contributed by atoms with van der Waals surface area (Å²) < 4.78 is 45.2. The Morgan fingerprint density at radius 1 is 1.27 bits per heavy atom. The van der Waals surface area contributed by atoms with E-state index in [4.69, 9.17) is 4.74 Å². The number of halogens is 3. The molecule has 0 radical (unpaired) electrons. The Balaban J connectivity index is 2.00. The third-order valence-electron chi connectivity index (χ3n) is 2.95. The van der Waals surface area contributed by atoms with E-state index in [2.05, 4.69) is 15.0 Å². The summed E-state index contributed by atoms with van der Waals surface area (Å²) in [5, 5.41) is 13.3. The fraction of sp³-hybridized carbons (Fsp3) is 0.200. The van der Waals surface area contributed by atoms with Crippen LogP contribution in [0.4, 0.5) is 24.7 Å². The molecule has 0 saturated carbocycles. The minimum atomic E-state index is -4.81. The maximum absolute atomic E-state index is 12.1. The minimum Gasteiger partial charge on any atom is -0.473 e. The molecule has 0 spiro atoms. The van der Waals surface area contributed by atoms with Crippen molar-refractivity contribution in [3.63, 3.8) is 0 Å². The van der Waals surface area contributed by atoms with E-state index in [1.807, 2.05) is 0 Å². The number of hydrogen-bond donors (Lipinski definition) is 1. The number of carbonyl (C=O) groups excluding carboxylic acids is 1. The van der Waals surface area contributed by atoms with Gasteiger partial charge < -0.3 is 24.9 Å². The first-order valence-electron chi connectivity index (χ1n) is 7.08. The van der Waals surface area contributed by atoms with Crippen molar-refractivity contribution in [2.45, 2.75) is 19.4 Å². The molecule has 2 rings (SSSR count). The molecule has 1 N–H and O–H groups in total. The highest BCUT2D eigenvalue weighted by molar-refractivity contribution is 5.94. The summed E-state index contributed by atoms with van der Waals surface area (Å²) in [6.07, 6.45) is -4.73. The first kappa shape index (κ1) is 19.0. The number of aromatic nitrogens is 1. The second-order valence-corrected chi connectivity index (χ2v) is 4.90. The Morgan fingerprint density at radius 2 is 1.92 bits per heavy atom.